The van der Waals surface area contributed by atoms with Gasteiger partial charge < -0.3 is 29.9 Å². The van der Waals surface area contributed by atoms with Crippen LogP contribution >= 0.6 is 0 Å². The lowest BCUT2D eigenvalue weighted by Gasteiger charge is -2.40. The van der Waals surface area contributed by atoms with Crippen LogP contribution in [-0.4, -0.2) is 73.0 Å². The number of nitrogens with zero attached hydrogens (tertiary/aromatic N) is 1. The van der Waals surface area contributed by atoms with Crippen molar-refractivity contribution in [1.29, 1.82) is 0 Å². The van der Waals surface area contributed by atoms with Crippen molar-refractivity contribution in [3.8, 4) is 11.3 Å². The summed E-state index contributed by atoms with van der Waals surface area (Å²) in [5.74, 6) is -1.08. The van der Waals surface area contributed by atoms with E-state index in [9.17, 15) is 14.7 Å². The van der Waals surface area contributed by atoms with Crippen molar-refractivity contribution in [3.63, 3.8) is 0 Å². The summed E-state index contributed by atoms with van der Waals surface area (Å²) >= 11 is 0. The van der Waals surface area contributed by atoms with Crippen LogP contribution in [0.4, 0.5) is 0 Å². The molecule has 2 amide bonds. The number of benzene rings is 1. The highest BCUT2D eigenvalue weighted by Crippen LogP contribution is 2.20. The Morgan fingerprint density at radius 3 is 2.34 bits per heavy atom. The van der Waals surface area contributed by atoms with Gasteiger partial charge in [0.05, 0.1) is 38.1 Å². The van der Waals surface area contributed by atoms with Gasteiger partial charge in [-0.25, -0.2) is 4.98 Å². The summed E-state index contributed by atoms with van der Waals surface area (Å²) in [7, 11) is 0. The number of aliphatic hydroxyl groups excluding tert-OH is 1. The predicted octanol–water partition coefficient (Wildman–Crippen LogP) is 0.182. The Balaban J connectivity index is 1.50. The van der Waals surface area contributed by atoms with Crippen molar-refractivity contribution in [2.24, 2.45) is 5.92 Å². The Morgan fingerprint density at radius 1 is 1.03 bits per heavy atom. The average Bonchev–Trinajstić information content (AvgIpc) is 3.43. The summed E-state index contributed by atoms with van der Waals surface area (Å²) in [6, 6.07) is 13.5. The van der Waals surface area contributed by atoms with Crippen LogP contribution in [0.3, 0.4) is 0 Å². The van der Waals surface area contributed by atoms with Gasteiger partial charge >= 0.3 is 6.69 Å². The smallest absolute Gasteiger partial charge is 0.492 e. The molecule has 4 N–H and O–H groups in total. The van der Waals surface area contributed by atoms with Crippen LogP contribution in [-0.2, 0) is 14.1 Å². The molecular formula is C25H35BN4O5. The average molecular weight is 482 g/mol. The van der Waals surface area contributed by atoms with Crippen LogP contribution < -0.4 is 15.4 Å². The van der Waals surface area contributed by atoms with Gasteiger partial charge in [0.2, 0.25) is 5.91 Å². The van der Waals surface area contributed by atoms with Crippen LogP contribution in [0, 0.1) is 5.92 Å². The highest BCUT2D eigenvalue weighted by atomic mass is 16.6. The Hall–Kier alpha value is -2.79. The van der Waals surface area contributed by atoms with Crippen molar-refractivity contribution in [1.82, 2.24) is 15.6 Å². The second-order valence-electron chi connectivity index (χ2n) is 9.88. The quantitative estimate of drug-likeness (QED) is 0.380. The van der Waals surface area contributed by atoms with Crippen molar-refractivity contribution in [2.45, 2.75) is 45.3 Å². The van der Waals surface area contributed by atoms with E-state index in [0.717, 1.165) is 18.7 Å². The fraction of sp³-hybridized carbons (Fsp3) is 0.480. The number of hydrogen-bond donors (Lipinski definition) is 4. The molecule has 0 radical (unpaired) electrons. The van der Waals surface area contributed by atoms with Gasteiger partial charge in [-0.3, -0.25) is 9.59 Å². The highest BCUT2D eigenvalue weighted by Gasteiger charge is 2.56. The molecule has 0 unspecified atom stereocenters. The van der Waals surface area contributed by atoms with E-state index < -0.39 is 30.6 Å². The van der Waals surface area contributed by atoms with E-state index in [4.69, 9.17) is 9.31 Å². The molecule has 1 aromatic carbocycles. The fourth-order valence-electron chi connectivity index (χ4n) is 5.14. The minimum Gasteiger partial charge on any atom is -0.508 e. The highest BCUT2D eigenvalue weighted by molar-refractivity contribution is 6.61. The SMILES string of the molecule is CC(C)C[C@H](NC(=O)[C@@H](NC(=O)c1cccc(-c2ccccc2)n1)[C@@H](C)O)[B-]12OCC[NH+]1CCO2. The Bertz CT molecular complexity index is 1030. The molecule has 0 bridgehead atoms. The first-order valence-corrected chi connectivity index (χ1v) is 12.4. The molecule has 2 saturated heterocycles. The first kappa shape index (κ1) is 25.3. The summed E-state index contributed by atoms with van der Waals surface area (Å²) < 4.78 is 12.2. The van der Waals surface area contributed by atoms with Gasteiger partial charge in [-0.05, 0) is 25.0 Å². The van der Waals surface area contributed by atoms with E-state index in [1.807, 2.05) is 36.4 Å². The lowest BCUT2D eigenvalue weighted by atomic mass is 9.59. The fourth-order valence-corrected chi connectivity index (χ4v) is 5.14. The minimum absolute atomic E-state index is 0.167. The summed E-state index contributed by atoms with van der Waals surface area (Å²) in [6.07, 6.45) is -0.450. The van der Waals surface area contributed by atoms with E-state index in [2.05, 4.69) is 29.5 Å². The van der Waals surface area contributed by atoms with Gasteiger partial charge in [-0.15, -0.1) is 0 Å². The number of amides is 2. The summed E-state index contributed by atoms with van der Waals surface area (Å²) in [5, 5.41) is 16.1. The normalized spacial score (nSPS) is 24.0. The zero-order chi connectivity index (χ0) is 25.0. The molecule has 0 saturated carbocycles. The van der Waals surface area contributed by atoms with Gasteiger partial charge in [0, 0.05) is 11.5 Å². The molecule has 188 valence electrons. The maximum atomic E-state index is 13.4. The summed E-state index contributed by atoms with van der Waals surface area (Å²) in [5.41, 5.74) is 1.69. The van der Waals surface area contributed by atoms with Gasteiger partial charge in [-0.2, -0.15) is 0 Å². The first-order chi connectivity index (χ1) is 16.8. The molecule has 0 aliphatic carbocycles. The molecule has 2 fully saturated rings. The molecule has 10 heteroatoms. The first-order valence-electron chi connectivity index (χ1n) is 12.4. The summed E-state index contributed by atoms with van der Waals surface area (Å²) in [4.78, 5) is 32.1. The van der Waals surface area contributed by atoms with Crippen LogP contribution in [0.2, 0.25) is 0 Å². The lowest BCUT2D eigenvalue weighted by Crippen LogP contribution is -3.21. The van der Waals surface area contributed by atoms with Crippen molar-refractivity contribution in [2.75, 3.05) is 26.3 Å². The van der Waals surface area contributed by atoms with Crippen molar-refractivity contribution < 1.29 is 28.8 Å². The molecule has 9 nitrogen and oxygen atoms in total. The summed E-state index contributed by atoms with van der Waals surface area (Å²) in [6.45, 7) is 6.75. The van der Waals surface area contributed by atoms with Crippen LogP contribution in [0.1, 0.15) is 37.7 Å². The minimum atomic E-state index is -1.73. The molecular weight excluding hydrogens is 447 g/mol. The van der Waals surface area contributed by atoms with Gasteiger partial charge in [0.25, 0.3) is 5.91 Å². The molecule has 3 heterocycles. The zero-order valence-corrected chi connectivity index (χ0v) is 20.6. The van der Waals surface area contributed by atoms with Crippen LogP contribution in [0.25, 0.3) is 11.3 Å². The number of aliphatic hydroxyl groups is 1. The monoisotopic (exact) mass is 482 g/mol. The van der Waals surface area contributed by atoms with E-state index in [1.165, 1.54) is 11.7 Å². The number of quaternary nitrogens is 1. The maximum absolute atomic E-state index is 13.4. The molecule has 1 aromatic heterocycles. The number of carbonyl (C=O) groups is 2. The van der Waals surface area contributed by atoms with E-state index in [1.54, 1.807) is 12.1 Å². The Labute approximate surface area is 206 Å². The Kier molecular flexibility index (Phi) is 7.86. The van der Waals surface area contributed by atoms with Crippen molar-refractivity contribution >= 4 is 18.5 Å². The zero-order valence-electron chi connectivity index (χ0n) is 20.6. The van der Waals surface area contributed by atoms with E-state index in [0.29, 0.717) is 25.3 Å². The van der Waals surface area contributed by atoms with Crippen molar-refractivity contribution in [3.05, 3.63) is 54.2 Å². The Morgan fingerprint density at radius 2 is 1.71 bits per heavy atom. The van der Waals surface area contributed by atoms with Gasteiger partial charge in [0.15, 0.2) is 0 Å². The number of aromatic nitrogens is 1. The third-order valence-electron chi connectivity index (χ3n) is 6.83. The largest absolute Gasteiger partial charge is 0.508 e. The maximum Gasteiger partial charge on any atom is 0.492 e. The number of pyridine rings is 1. The predicted molar refractivity (Wildman–Crippen MR) is 132 cm³/mol. The second kappa shape index (κ2) is 10.9. The second-order valence-corrected chi connectivity index (χ2v) is 9.88. The molecule has 3 atom stereocenters. The third-order valence-corrected chi connectivity index (χ3v) is 6.83. The van der Waals surface area contributed by atoms with E-state index >= 15 is 0 Å². The third kappa shape index (κ3) is 5.56. The molecule has 0 spiro atoms. The number of rotatable bonds is 9. The number of nitrogens with one attached hydrogen (secondary N) is 3. The van der Waals surface area contributed by atoms with Gasteiger partial charge in [-0.1, -0.05) is 56.7 Å². The number of hydrogen-bond acceptors (Lipinski definition) is 6. The lowest BCUT2D eigenvalue weighted by molar-refractivity contribution is -0.785. The molecule has 35 heavy (non-hydrogen) atoms. The van der Waals surface area contributed by atoms with Crippen LogP contribution in [0.15, 0.2) is 48.5 Å². The number of fused-ring (bicyclic) bond motifs is 1. The van der Waals surface area contributed by atoms with E-state index in [-0.39, 0.29) is 17.6 Å². The topological polar surface area (TPSA) is 114 Å². The van der Waals surface area contributed by atoms with Crippen LogP contribution in [0.5, 0.6) is 0 Å². The molecule has 4 rings (SSSR count). The standard InChI is InChI=1S/C25H35BN4O5/c1-17(2)16-22(26-30(12-14-34-26)13-15-35-26)28-25(33)23(18(3)31)29-24(32)21-11-7-10-20(27-21)19-8-5-4-6-9-19/h4-11,17-18,22-23,30-31H,12-16H2,1-3H3,(H,28,33)(H,29,32)/t18-,22+,23+/m1/s1. The van der Waals surface area contributed by atoms with Gasteiger partial charge in [0.1, 0.15) is 11.7 Å². The molecule has 2 aliphatic rings. The molecule has 2 aromatic rings. The molecule has 2 aliphatic heterocycles. The number of carbonyl (C=O) groups excluding carboxylic acids is 2.